The van der Waals surface area contributed by atoms with Crippen molar-refractivity contribution in [3.63, 3.8) is 0 Å². The highest BCUT2D eigenvalue weighted by molar-refractivity contribution is 5.94. The lowest BCUT2D eigenvalue weighted by atomic mass is 10.2. The van der Waals surface area contributed by atoms with E-state index in [0.29, 0.717) is 31.8 Å². The van der Waals surface area contributed by atoms with Gasteiger partial charge in [0.1, 0.15) is 0 Å². The Labute approximate surface area is 123 Å². The zero-order chi connectivity index (χ0) is 15.1. The van der Waals surface area contributed by atoms with Gasteiger partial charge in [0.2, 0.25) is 5.91 Å². The molecule has 0 aromatic heterocycles. The van der Waals surface area contributed by atoms with Crippen LogP contribution >= 0.6 is 0 Å². The molecule has 2 amide bonds. The summed E-state index contributed by atoms with van der Waals surface area (Å²) in [6.45, 7) is 1.58. The fourth-order valence-electron chi connectivity index (χ4n) is 2.19. The van der Waals surface area contributed by atoms with Crippen molar-refractivity contribution in [2.24, 2.45) is 0 Å². The van der Waals surface area contributed by atoms with Crippen LogP contribution in [0.2, 0.25) is 0 Å². The van der Waals surface area contributed by atoms with Gasteiger partial charge in [-0.15, -0.1) is 0 Å². The van der Waals surface area contributed by atoms with Gasteiger partial charge in [-0.05, 0) is 12.1 Å². The minimum atomic E-state index is -0.304. The Morgan fingerprint density at radius 1 is 1.33 bits per heavy atom. The van der Waals surface area contributed by atoms with Crippen molar-refractivity contribution in [2.45, 2.75) is 12.5 Å². The zero-order valence-corrected chi connectivity index (χ0v) is 11.8. The molecule has 1 aromatic carbocycles. The Morgan fingerprint density at radius 3 is 2.81 bits per heavy atom. The second kappa shape index (κ2) is 7.75. The maximum atomic E-state index is 12.0. The number of carbonyl (C=O) groups is 2. The van der Waals surface area contributed by atoms with Gasteiger partial charge >= 0.3 is 0 Å². The number of benzene rings is 1. The SMILES string of the molecule is O=C(NCCC(=O)N1CCOC(CO)C1)c1ccccc1. The minimum absolute atomic E-state index is 0.0369. The third kappa shape index (κ3) is 4.54. The Balaban J connectivity index is 1.73. The second-order valence-electron chi connectivity index (χ2n) is 4.89. The van der Waals surface area contributed by atoms with E-state index in [2.05, 4.69) is 5.32 Å². The summed E-state index contributed by atoms with van der Waals surface area (Å²) in [4.78, 5) is 25.5. The van der Waals surface area contributed by atoms with E-state index in [0.717, 1.165) is 0 Å². The third-order valence-corrected chi connectivity index (χ3v) is 3.36. The van der Waals surface area contributed by atoms with Gasteiger partial charge in [-0.3, -0.25) is 9.59 Å². The van der Waals surface area contributed by atoms with Gasteiger partial charge in [-0.1, -0.05) is 18.2 Å². The number of nitrogens with zero attached hydrogens (tertiary/aromatic N) is 1. The van der Waals surface area contributed by atoms with Crippen LogP contribution in [0.3, 0.4) is 0 Å². The second-order valence-corrected chi connectivity index (χ2v) is 4.89. The first kappa shape index (κ1) is 15.5. The fourth-order valence-corrected chi connectivity index (χ4v) is 2.19. The Bertz CT molecular complexity index is 478. The highest BCUT2D eigenvalue weighted by Gasteiger charge is 2.23. The van der Waals surface area contributed by atoms with Crippen LogP contribution in [0.4, 0.5) is 0 Å². The summed E-state index contributed by atoms with van der Waals surface area (Å²) >= 11 is 0. The number of morpholine rings is 1. The zero-order valence-electron chi connectivity index (χ0n) is 11.8. The lowest BCUT2D eigenvalue weighted by Gasteiger charge is -2.32. The van der Waals surface area contributed by atoms with Crippen LogP contribution in [0.25, 0.3) is 0 Å². The van der Waals surface area contributed by atoms with E-state index in [1.165, 1.54) is 0 Å². The van der Waals surface area contributed by atoms with E-state index in [9.17, 15) is 9.59 Å². The predicted molar refractivity (Wildman–Crippen MR) is 76.8 cm³/mol. The summed E-state index contributed by atoms with van der Waals surface area (Å²) in [7, 11) is 0. The molecular formula is C15H20N2O4. The molecule has 2 N–H and O–H groups in total. The highest BCUT2D eigenvalue weighted by Crippen LogP contribution is 2.06. The molecule has 1 heterocycles. The van der Waals surface area contributed by atoms with Gasteiger partial charge in [0.05, 0.1) is 19.3 Å². The maximum Gasteiger partial charge on any atom is 0.251 e. The van der Waals surface area contributed by atoms with Crippen LogP contribution in [0.15, 0.2) is 30.3 Å². The summed E-state index contributed by atoms with van der Waals surface area (Å²) < 4.78 is 5.29. The van der Waals surface area contributed by atoms with Crippen LogP contribution in [-0.2, 0) is 9.53 Å². The van der Waals surface area contributed by atoms with E-state index in [-0.39, 0.29) is 30.9 Å². The predicted octanol–water partition coefficient (Wildman–Crippen LogP) is 0.0262. The number of aliphatic hydroxyl groups is 1. The Morgan fingerprint density at radius 2 is 2.10 bits per heavy atom. The molecule has 0 spiro atoms. The number of rotatable bonds is 5. The van der Waals surface area contributed by atoms with Gasteiger partial charge in [0, 0.05) is 31.6 Å². The number of aliphatic hydroxyl groups excluding tert-OH is 1. The first-order chi connectivity index (χ1) is 10.2. The van der Waals surface area contributed by atoms with Crippen LogP contribution < -0.4 is 5.32 Å². The normalized spacial score (nSPS) is 18.3. The first-order valence-electron chi connectivity index (χ1n) is 7.04. The molecule has 0 radical (unpaired) electrons. The molecule has 1 atom stereocenters. The summed E-state index contributed by atoms with van der Waals surface area (Å²) in [6.07, 6.45) is -0.0573. The molecule has 2 rings (SSSR count). The average molecular weight is 292 g/mol. The summed E-state index contributed by atoms with van der Waals surface area (Å²) in [5, 5.41) is 11.8. The number of hydrogen-bond acceptors (Lipinski definition) is 4. The van der Waals surface area contributed by atoms with Crippen molar-refractivity contribution in [3.8, 4) is 0 Å². The quantitative estimate of drug-likeness (QED) is 0.802. The molecule has 0 saturated carbocycles. The molecule has 1 unspecified atom stereocenters. The average Bonchev–Trinajstić information content (AvgIpc) is 2.55. The monoisotopic (exact) mass is 292 g/mol. The summed E-state index contributed by atoms with van der Waals surface area (Å²) in [5.74, 6) is -0.219. The van der Waals surface area contributed by atoms with Crippen LogP contribution in [0.5, 0.6) is 0 Å². The molecule has 1 aromatic rings. The van der Waals surface area contributed by atoms with Gasteiger partial charge < -0.3 is 20.1 Å². The number of ether oxygens (including phenoxy) is 1. The lowest BCUT2D eigenvalue weighted by Crippen LogP contribution is -2.47. The van der Waals surface area contributed by atoms with Crippen molar-refractivity contribution in [1.82, 2.24) is 10.2 Å². The summed E-state index contributed by atoms with van der Waals surface area (Å²) in [6, 6.07) is 8.89. The van der Waals surface area contributed by atoms with Crippen LogP contribution in [0, 0.1) is 0 Å². The fraction of sp³-hybridized carbons (Fsp3) is 0.467. The summed E-state index contributed by atoms with van der Waals surface area (Å²) in [5.41, 5.74) is 0.580. The number of nitrogens with one attached hydrogen (secondary N) is 1. The van der Waals surface area contributed by atoms with Crippen molar-refractivity contribution in [2.75, 3.05) is 32.8 Å². The molecule has 0 bridgehead atoms. The van der Waals surface area contributed by atoms with Gasteiger partial charge in [0.25, 0.3) is 5.91 Å². The molecule has 1 fully saturated rings. The van der Waals surface area contributed by atoms with Crippen LogP contribution in [0.1, 0.15) is 16.8 Å². The molecular weight excluding hydrogens is 272 g/mol. The molecule has 1 saturated heterocycles. The van der Waals surface area contributed by atoms with E-state index in [1.54, 1.807) is 29.2 Å². The van der Waals surface area contributed by atoms with E-state index < -0.39 is 0 Å². The molecule has 1 aliphatic heterocycles. The Kier molecular flexibility index (Phi) is 5.71. The van der Waals surface area contributed by atoms with Crippen molar-refractivity contribution < 1.29 is 19.4 Å². The maximum absolute atomic E-state index is 12.0. The first-order valence-corrected chi connectivity index (χ1v) is 7.04. The van der Waals surface area contributed by atoms with Gasteiger partial charge in [0.15, 0.2) is 0 Å². The van der Waals surface area contributed by atoms with Gasteiger partial charge in [-0.2, -0.15) is 0 Å². The molecule has 0 aliphatic carbocycles. The van der Waals surface area contributed by atoms with E-state index >= 15 is 0 Å². The topological polar surface area (TPSA) is 78.9 Å². The Hall–Kier alpha value is -1.92. The molecule has 1 aliphatic rings. The van der Waals surface area contributed by atoms with Crippen molar-refractivity contribution in [1.29, 1.82) is 0 Å². The molecule has 6 heteroatoms. The standard InChI is InChI=1S/C15H20N2O4/c18-11-13-10-17(8-9-21-13)14(19)6-7-16-15(20)12-4-2-1-3-5-12/h1-5,13,18H,6-11H2,(H,16,20). The minimum Gasteiger partial charge on any atom is -0.394 e. The molecule has 114 valence electrons. The number of amides is 2. The third-order valence-electron chi connectivity index (χ3n) is 3.36. The van der Waals surface area contributed by atoms with Crippen LogP contribution in [-0.4, -0.2) is 60.8 Å². The van der Waals surface area contributed by atoms with E-state index in [1.807, 2.05) is 6.07 Å². The van der Waals surface area contributed by atoms with E-state index in [4.69, 9.17) is 9.84 Å². The largest absolute Gasteiger partial charge is 0.394 e. The van der Waals surface area contributed by atoms with Crippen molar-refractivity contribution >= 4 is 11.8 Å². The lowest BCUT2D eigenvalue weighted by molar-refractivity contribution is -0.140. The van der Waals surface area contributed by atoms with Gasteiger partial charge in [-0.25, -0.2) is 0 Å². The number of carbonyl (C=O) groups excluding carboxylic acids is 2. The molecule has 21 heavy (non-hydrogen) atoms. The molecule has 6 nitrogen and oxygen atoms in total. The number of hydrogen-bond donors (Lipinski definition) is 2. The highest BCUT2D eigenvalue weighted by atomic mass is 16.5. The smallest absolute Gasteiger partial charge is 0.251 e. The van der Waals surface area contributed by atoms with Crippen molar-refractivity contribution in [3.05, 3.63) is 35.9 Å².